The van der Waals surface area contributed by atoms with Crippen LogP contribution in [0.4, 0.5) is 0 Å². The summed E-state index contributed by atoms with van der Waals surface area (Å²) in [5.74, 6) is 4.34. The zero-order valence-electron chi connectivity index (χ0n) is 20.0. The molecule has 1 aromatic carbocycles. The van der Waals surface area contributed by atoms with Gasteiger partial charge in [0.05, 0.1) is 0 Å². The molecule has 0 N–H and O–H groups in total. The Labute approximate surface area is 216 Å². The summed E-state index contributed by atoms with van der Waals surface area (Å²) in [5.41, 5.74) is 2.31. The third-order valence-corrected chi connectivity index (χ3v) is 18.5. The van der Waals surface area contributed by atoms with Gasteiger partial charge < -0.3 is 0 Å². The van der Waals surface area contributed by atoms with E-state index in [0.29, 0.717) is 71.0 Å². The van der Waals surface area contributed by atoms with Gasteiger partial charge in [-0.1, -0.05) is 0 Å². The number of rotatable bonds is 5. The van der Waals surface area contributed by atoms with Crippen molar-refractivity contribution in [1.82, 2.24) is 0 Å². The average molecular weight is 590 g/mol. The van der Waals surface area contributed by atoms with Crippen molar-refractivity contribution in [3.05, 3.63) is 43.8 Å². The van der Waals surface area contributed by atoms with Crippen molar-refractivity contribution in [1.29, 1.82) is 5.26 Å². The Hall–Kier alpha value is -2.13. The Balaban J connectivity index is 0.923. The van der Waals surface area contributed by atoms with E-state index in [1.54, 1.807) is 0 Å². The molecule has 0 spiro atoms. The fourth-order valence-electron chi connectivity index (χ4n) is 14.0. The SMILES string of the molecule is [C-]#[N+]C12C3C4C1C1C2C3C41C(=O)OI(OC(=O)C12C3C4C1C1C2C3C41C#N)c1c(C)cc(C)cc1C. The van der Waals surface area contributed by atoms with Gasteiger partial charge in [-0.15, -0.1) is 0 Å². The molecule has 0 heterocycles. The van der Waals surface area contributed by atoms with Crippen molar-refractivity contribution >= 4 is 32.6 Å². The Kier molecular flexibility index (Phi) is 2.45. The van der Waals surface area contributed by atoms with E-state index < -0.39 is 20.6 Å². The van der Waals surface area contributed by atoms with Crippen LogP contribution in [0.1, 0.15) is 16.7 Å². The first kappa shape index (κ1) is 19.0. The second-order valence-corrected chi connectivity index (χ2v) is 17.1. The van der Waals surface area contributed by atoms with Gasteiger partial charge in [0, 0.05) is 0 Å². The summed E-state index contributed by atoms with van der Waals surface area (Å²) in [6, 6.07) is 6.79. The zero-order chi connectivity index (χ0) is 24.2. The van der Waals surface area contributed by atoms with E-state index >= 15 is 0 Å². The summed E-state index contributed by atoms with van der Waals surface area (Å²) in [6.45, 7) is 13.8. The number of hydrogen-bond acceptors (Lipinski definition) is 5. The molecule has 0 aromatic heterocycles. The Bertz CT molecular complexity index is 1360. The summed E-state index contributed by atoms with van der Waals surface area (Å²) >= 11 is -3.07. The van der Waals surface area contributed by atoms with Crippen LogP contribution in [0.3, 0.4) is 0 Å². The van der Waals surface area contributed by atoms with Crippen molar-refractivity contribution in [2.24, 2.45) is 87.3 Å². The van der Waals surface area contributed by atoms with Crippen LogP contribution in [0.25, 0.3) is 4.85 Å². The Morgan fingerprint density at radius 3 is 1.64 bits per heavy atom. The van der Waals surface area contributed by atoms with Crippen LogP contribution in [0.5, 0.6) is 0 Å². The minimum atomic E-state index is -3.07. The van der Waals surface area contributed by atoms with E-state index in [0.717, 1.165) is 20.3 Å². The molecule has 13 rings (SSSR count). The molecule has 0 atom stereocenters. The van der Waals surface area contributed by atoms with Gasteiger partial charge in [0.15, 0.2) is 0 Å². The Morgan fingerprint density at radius 2 is 1.25 bits per heavy atom. The molecule has 1 aromatic rings. The Morgan fingerprint density at radius 1 is 0.833 bits per heavy atom. The van der Waals surface area contributed by atoms with Crippen LogP contribution in [-0.2, 0) is 15.7 Å². The van der Waals surface area contributed by atoms with E-state index in [9.17, 15) is 14.9 Å². The first-order valence-electron chi connectivity index (χ1n) is 13.4. The third-order valence-electron chi connectivity index (χ3n) is 14.3. The van der Waals surface area contributed by atoms with Crippen LogP contribution in [-0.4, -0.2) is 17.5 Å². The molecule has 0 bridgehead atoms. The van der Waals surface area contributed by atoms with Gasteiger partial charge in [0.25, 0.3) is 0 Å². The van der Waals surface area contributed by atoms with Crippen LogP contribution < -0.4 is 0 Å². The maximum atomic E-state index is 13.8. The van der Waals surface area contributed by atoms with Gasteiger partial charge in [0.1, 0.15) is 0 Å². The number of nitriles is 1. The monoisotopic (exact) mass is 590 g/mol. The number of benzene rings is 1. The van der Waals surface area contributed by atoms with Crippen LogP contribution in [0.2, 0.25) is 0 Å². The van der Waals surface area contributed by atoms with Crippen molar-refractivity contribution in [2.45, 2.75) is 26.3 Å². The molecule has 36 heavy (non-hydrogen) atoms. The number of carbonyl (C=O) groups is 2. The van der Waals surface area contributed by atoms with Gasteiger partial charge in [-0.25, -0.2) is 0 Å². The molecule has 180 valence electrons. The summed E-state index contributed by atoms with van der Waals surface area (Å²) in [7, 11) is 0. The molecule has 0 amide bonds. The molecule has 0 radical (unpaired) electrons. The standard InChI is InChI=1S/C29H23IN2O4/c1-8-5-9(2)23(10(3)6-8)30(35-24(33)27-14-11-15(27)13-16(27)12(14)26(11,13)7-31)36-25(34)28-17-20-18(28)22-19(28)21(17)29(20,22)32-4/h5-6,11-22H,1-3H3. The first-order valence-corrected chi connectivity index (χ1v) is 16.2. The molecule has 0 unspecified atom stereocenters. The quantitative estimate of drug-likeness (QED) is 0.385. The van der Waals surface area contributed by atoms with Crippen molar-refractivity contribution in [3.63, 3.8) is 0 Å². The molecular weight excluding hydrogens is 567 g/mol. The molecule has 0 saturated heterocycles. The molecule has 7 heteroatoms. The van der Waals surface area contributed by atoms with Gasteiger partial charge in [-0.05, 0) is 0 Å². The van der Waals surface area contributed by atoms with Crippen molar-refractivity contribution in [3.8, 4) is 6.07 Å². The van der Waals surface area contributed by atoms with E-state index in [1.165, 1.54) is 0 Å². The fraction of sp³-hybridized carbons (Fsp3) is 0.655. The van der Waals surface area contributed by atoms with Gasteiger partial charge in [-0.3, -0.25) is 0 Å². The number of aryl methyl sites for hydroxylation is 3. The number of nitrogens with zero attached hydrogens (tertiary/aromatic N) is 2. The molecule has 6 nitrogen and oxygen atoms in total. The maximum absolute atomic E-state index is 13.8. The van der Waals surface area contributed by atoms with Crippen LogP contribution >= 0.6 is 20.6 Å². The first-order chi connectivity index (χ1) is 17.3. The molecule has 12 saturated carbocycles. The molecule has 0 aliphatic heterocycles. The molecular formula is C29H23IN2O4. The molecule has 12 aliphatic carbocycles. The van der Waals surface area contributed by atoms with E-state index in [-0.39, 0.29) is 33.7 Å². The second-order valence-electron chi connectivity index (χ2n) is 13.9. The topological polar surface area (TPSA) is 80.8 Å². The number of halogens is 1. The van der Waals surface area contributed by atoms with Crippen LogP contribution in [0, 0.1) is 130 Å². The average Bonchev–Trinajstić information content (AvgIpc) is 2.87. The van der Waals surface area contributed by atoms with E-state index in [1.807, 2.05) is 13.8 Å². The number of carbonyl (C=O) groups excluding carboxylic acids is 2. The molecule has 12 aliphatic rings. The summed E-state index contributed by atoms with van der Waals surface area (Å²) in [5, 5.41) is 9.70. The predicted molar refractivity (Wildman–Crippen MR) is 130 cm³/mol. The predicted octanol–water partition coefficient (Wildman–Crippen LogP) is 3.88. The third kappa shape index (κ3) is 1.13. The summed E-state index contributed by atoms with van der Waals surface area (Å²) < 4.78 is 13.7. The van der Waals surface area contributed by atoms with Crippen molar-refractivity contribution in [2.75, 3.05) is 0 Å². The summed E-state index contributed by atoms with van der Waals surface area (Å²) in [4.78, 5) is 31.6. The van der Waals surface area contributed by atoms with Gasteiger partial charge >= 0.3 is 217 Å². The van der Waals surface area contributed by atoms with Crippen LogP contribution in [0.15, 0.2) is 12.1 Å². The van der Waals surface area contributed by atoms with Gasteiger partial charge in [-0.2, -0.15) is 0 Å². The van der Waals surface area contributed by atoms with E-state index in [4.69, 9.17) is 12.7 Å². The van der Waals surface area contributed by atoms with E-state index in [2.05, 4.69) is 30.0 Å². The summed E-state index contributed by atoms with van der Waals surface area (Å²) in [6.07, 6.45) is 0. The fourth-order valence-corrected chi connectivity index (χ4v) is 17.7. The molecule has 12 fully saturated rings. The van der Waals surface area contributed by atoms with Gasteiger partial charge in [0.2, 0.25) is 0 Å². The number of hydrogen-bond donors (Lipinski definition) is 0. The minimum absolute atomic E-state index is 0.0910. The second kappa shape index (κ2) is 4.64. The zero-order valence-corrected chi connectivity index (χ0v) is 22.1. The van der Waals surface area contributed by atoms with Crippen molar-refractivity contribution < 1.29 is 15.7 Å². The normalized spacial score (nSPS) is 62.9.